The maximum Gasteiger partial charge on any atom is 0.223 e. The number of H-pyrrole nitrogens is 1. The van der Waals surface area contributed by atoms with E-state index in [2.05, 4.69) is 9.88 Å². The smallest absolute Gasteiger partial charge is 0.223 e. The van der Waals surface area contributed by atoms with Gasteiger partial charge in [0.15, 0.2) is 0 Å². The number of aromatic amines is 1. The minimum Gasteiger partial charge on any atom is -0.361 e. The fourth-order valence-electron chi connectivity index (χ4n) is 5.97. The van der Waals surface area contributed by atoms with Crippen LogP contribution in [-0.2, 0) is 4.79 Å². The van der Waals surface area contributed by atoms with Crippen LogP contribution >= 0.6 is 11.6 Å². The quantitative estimate of drug-likeness (QED) is 0.758. The molecule has 6 rings (SSSR count). The van der Waals surface area contributed by atoms with Gasteiger partial charge in [-0.2, -0.15) is 0 Å². The van der Waals surface area contributed by atoms with Crippen LogP contribution in [0, 0.1) is 11.7 Å². The molecule has 3 unspecified atom stereocenters. The molecule has 1 N–H and O–H groups in total. The molecule has 138 valence electrons. The zero-order chi connectivity index (χ0) is 18.1. The zero-order valence-corrected chi connectivity index (χ0v) is 15.7. The normalized spacial score (nSPS) is 33.8. The van der Waals surface area contributed by atoms with E-state index in [0.717, 1.165) is 43.2 Å². The summed E-state index contributed by atoms with van der Waals surface area (Å²) >= 11 is 6.79. The van der Waals surface area contributed by atoms with Crippen molar-refractivity contribution in [3.05, 3.63) is 35.8 Å². The molecule has 26 heavy (non-hydrogen) atoms. The number of amides is 1. The lowest BCUT2D eigenvalue weighted by Crippen LogP contribution is -2.64. The van der Waals surface area contributed by atoms with Crippen LogP contribution in [0.2, 0.25) is 0 Å². The van der Waals surface area contributed by atoms with Gasteiger partial charge in [-0.3, -0.25) is 4.79 Å². The number of fused-ring (bicyclic) bond motifs is 1. The number of nitrogens with one attached hydrogen (secondary N) is 1. The zero-order valence-electron chi connectivity index (χ0n) is 15.0. The summed E-state index contributed by atoms with van der Waals surface area (Å²) in [7, 11) is 0. The van der Waals surface area contributed by atoms with E-state index in [1.165, 1.54) is 6.07 Å². The van der Waals surface area contributed by atoms with Gasteiger partial charge in [0, 0.05) is 40.5 Å². The van der Waals surface area contributed by atoms with Gasteiger partial charge >= 0.3 is 0 Å². The van der Waals surface area contributed by atoms with Crippen LogP contribution in [0.4, 0.5) is 4.39 Å². The average molecular weight is 375 g/mol. The number of nitrogens with zero attached hydrogens (tertiary/aromatic N) is 1. The van der Waals surface area contributed by atoms with Crippen molar-refractivity contribution in [2.45, 2.75) is 68.3 Å². The Morgan fingerprint density at radius 3 is 2.77 bits per heavy atom. The van der Waals surface area contributed by atoms with Crippen molar-refractivity contribution >= 4 is 28.4 Å². The molecule has 2 aliphatic heterocycles. The number of hydrogen-bond donors (Lipinski definition) is 1. The number of carbonyl (C=O) groups excluding carboxylic acids is 1. The van der Waals surface area contributed by atoms with E-state index < -0.39 is 0 Å². The van der Waals surface area contributed by atoms with E-state index in [4.69, 9.17) is 11.6 Å². The Kier molecular flexibility index (Phi) is 3.66. The lowest BCUT2D eigenvalue weighted by Gasteiger charge is -2.59. The molecule has 3 atom stereocenters. The molecule has 4 aliphatic rings. The first-order valence-corrected chi connectivity index (χ1v) is 10.1. The number of benzene rings is 1. The van der Waals surface area contributed by atoms with Crippen molar-refractivity contribution in [2.75, 3.05) is 0 Å². The summed E-state index contributed by atoms with van der Waals surface area (Å²) in [5, 5.41) is 0.618. The molecule has 3 nitrogen and oxygen atoms in total. The topological polar surface area (TPSA) is 36.1 Å². The summed E-state index contributed by atoms with van der Waals surface area (Å²) in [6.45, 7) is 2.02. The molecule has 0 spiro atoms. The number of hydrogen-bond acceptors (Lipinski definition) is 1. The van der Waals surface area contributed by atoms with Crippen LogP contribution in [0.3, 0.4) is 0 Å². The lowest BCUT2D eigenvalue weighted by atomic mass is 9.63. The van der Waals surface area contributed by atoms with Crippen LogP contribution in [0.5, 0.6) is 0 Å². The predicted octanol–water partition coefficient (Wildman–Crippen LogP) is 4.95. The van der Waals surface area contributed by atoms with Crippen molar-refractivity contribution < 1.29 is 9.18 Å². The number of alkyl halides is 1. The minimum absolute atomic E-state index is 0.0182. The minimum atomic E-state index is -0.225. The van der Waals surface area contributed by atoms with E-state index in [9.17, 15) is 9.18 Å². The van der Waals surface area contributed by atoms with Crippen LogP contribution < -0.4 is 0 Å². The monoisotopic (exact) mass is 374 g/mol. The summed E-state index contributed by atoms with van der Waals surface area (Å²) in [4.78, 5) is 18.3. The number of carbonyl (C=O) groups is 1. The second-order valence-electron chi connectivity index (χ2n) is 8.72. The highest BCUT2D eigenvalue weighted by Crippen LogP contribution is 2.54. The molecule has 0 radical (unpaired) electrons. The molecule has 4 bridgehead atoms. The van der Waals surface area contributed by atoms with Gasteiger partial charge in [-0.1, -0.05) is 13.0 Å². The third-order valence-electron chi connectivity index (χ3n) is 6.84. The average Bonchev–Trinajstić information content (AvgIpc) is 2.98. The molecule has 4 fully saturated rings. The molecule has 1 aromatic heterocycles. The lowest BCUT2D eigenvalue weighted by molar-refractivity contribution is -0.148. The molecule has 3 heterocycles. The van der Waals surface area contributed by atoms with Gasteiger partial charge in [0.25, 0.3) is 0 Å². The molecule has 2 saturated carbocycles. The summed E-state index contributed by atoms with van der Waals surface area (Å²) in [5.74, 6) is 0.652. The fourth-order valence-corrected chi connectivity index (χ4v) is 6.55. The Morgan fingerprint density at radius 1 is 1.35 bits per heavy atom. The van der Waals surface area contributed by atoms with Crippen molar-refractivity contribution in [3.8, 4) is 0 Å². The Balaban J connectivity index is 1.37. The van der Waals surface area contributed by atoms with Gasteiger partial charge in [0.05, 0.1) is 0 Å². The van der Waals surface area contributed by atoms with Crippen molar-refractivity contribution in [1.82, 2.24) is 9.88 Å². The van der Waals surface area contributed by atoms with Gasteiger partial charge in [-0.05, 0) is 61.6 Å². The van der Waals surface area contributed by atoms with E-state index >= 15 is 0 Å². The number of rotatable bonds is 3. The van der Waals surface area contributed by atoms with Gasteiger partial charge in [0.1, 0.15) is 5.82 Å². The molecule has 2 aromatic rings. The Morgan fingerprint density at radius 2 is 2.08 bits per heavy atom. The third-order valence-corrected chi connectivity index (χ3v) is 7.30. The molecular formula is C21H24ClFN2O. The molecule has 1 aromatic carbocycles. The molecule has 2 saturated heterocycles. The van der Waals surface area contributed by atoms with Gasteiger partial charge in [0.2, 0.25) is 5.91 Å². The summed E-state index contributed by atoms with van der Waals surface area (Å²) in [6.07, 6.45) is 7.47. The fraction of sp³-hybridized carbons (Fsp3) is 0.571. The van der Waals surface area contributed by atoms with Crippen LogP contribution in [0.25, 0.3) is 10.9 Å². The highest BCUT2D eigenvalue weighted by Gasteiger charge is 2.54. The van der Waals surface area contributed by atoms with E-state index in [1.54, 1.807) is 6.07 Å². The van der Waals surface area contributed by atoms with E-state index in [0.29, 0.717) is 29.8 Å². The largest absolute Gasteiger partial charge is 0.361 e. The summed E-state index contributed by atoms with van der Waals surface area (Å²) < 4.78 is 14.3. The van der Waals surface area contributed by atoms with Gasteiger partial charge in [-0.25, -0.2) is 4.39 Å². The second-order valence-corrected chi connectivity index (χ2v) is 9.52. The molecule has 5 heteroatoms. The van der Waals surface area contributed by atoms with E-state index in [1.807, 2.05) is 19.2 Å². The molecule has 2 aliphatic carbocycles. The van der Waals surface area contributed by atoms with Gasteiger partial charge in [-0.15, -0.1) is 11.6 Å². The van der Waals surface area contributed by atoms with Gasteiger partial charge < -0.3 is 9.88 Å². The van der Waals surface area contributed by atoms with Crippen LogP contribution in [0.15, 0.2) is 24.4 Å². The van der Waals surface area contributed by atoms with Crippen molar-refractivity contribution in [2.24, 2.45) is 5.92 Å². The standard InChI is InChI=1S/C21H24ClFN2O/c1-12(16-11-24-18-4-2-3-17(23)20(16)18)5-19(26)25-14-6-13-7-15(25)10-21(22,8-13)9-14/h2-4,11-15,24H,5-10H2,1H3. The highest BCUT2D eigenvalue weighted by atomic mass is 35.5. The van der Waals surface area contributed by atoms with Crippen LogP contribution in [0.1, 0.15) is 56.9 Å². The number of aromatic nitrogens is 1. The van der Waals surface area contributed by atoms with Crippen molar-refractivity contribution in [3.63, 3.8) is 0 Å². The predicted molar refractivity (Wildman–Crippen MR) is 101 cm³/mol. The SMILES string of the molecule is CC(CC(=O)N1C2CC3CC1CC(Cl)(C3)C2)c1c[nH]c2cccc(F)c12. The first-order valence-electron chi connectivity index (χ1n) is 9.69. The number of halogens is 2. The maximum atomic E-state index is 14.3. The summed E-state index contributed by atoms with van der Waals surface area (Å²) in [6, 6.07) is 5.67. The third kappa shape index (κ3) is 2.49. The first kappa shape index (κ1) is 16.6. The molecule has 1 amide bonds. The summed E-state index contributed by atoms with van der Waals surface area (Å²) in [5.41, 5.74) is 1.68. The second kappa shape index (κ2) is 5.72. The Hall–Kier alpha value is -1.55. The maximum absolute atomic E-state index is 14.3. The van der Waals surface area contributed by atoms with Crippen molar-refractivity contribution in [1.29, 1.82) is 0 Å². The van der Waals surface area contributed by atoms with E-state index in [-0.39, 0.29) is 22.5 Å². The molecular weight excluding hydrogens is 351 g/mol. The highest BCUT2D eigenvalue weighted by molar-refractivity contribution is 6.24. The first-order chi connectivity index (χ1) is 12.4. The Bertz CT molecular complexity index is 862. The Labute approximate surface area is 157 Å². The van der Waals surface area contributed by atoms with Crippen LogP contribution in [-0.4, -0.2) is 32.7 Å². The number of piperidine rings is 2.